The Morgan fingerprint density at radius 2 is 1.78 bits per heavy atom. The van der Waals surface area contributed by atoms with Crippen molar-refractivity contribution in [3.8, 4) is 11.5 Å². The lowest BCUT2D eigenvalue weighted by Gasteiger charge is -2.12. The van der Waals surface area contributed by atoms with Gasteiger partial charge in [0, 0.05) is 16.8 Å². The van der Waals surface area contributed by atoms with Crippen molar-refractivity contribution >= 4 is 46.7 Å². The van der Waals surface area contributed by atoms with Crippen LogP contribution in [0.4, 0.5) is 10.1 Å². The largest absolute Gasteiger partial charge is 0.507 e. The normalized spacial score (nSPS) is 15.2. The minimum atomic E-state index is -0.424. The number of rotatable bonds is 9. The first-order chi connectivity index (χ1) is 20.0. The van der Waals surface area contributed by atoms with Gasteiger partial charge in [0.25, 0.3) is 11.8 Å². The molecule has 1 aromatic heterocycles. The van der Waals surface area contributed by atoms with E-state index >= 15 is 0 Å². The monoisotopic (exact) mass is 570 g/mol. The molecule has 2 N–H and O–H groups in total. The number of anilines is 1. The van der Waals surface area contributed by atoms with E-state index < -0.39 is 11.7 Å². The minimum Gasteiger partial charge on any atom is -0.507 e. The molecule has 5 rings (SSSR count). The molecule has 1 aliphatic heterocycles. The summed E-state index contributed by atoms with van der Waals surface area (Å²) >= 11 is 1.12. The Morgan fingerprint density at radius 1 is 1.02 bits per heavy atom. The van der Waals surface area contributed by atoms with Gasteiger partial charge in [0.1, 0.15) is 23.1 Å². The standard InChI is InChI=1S/C30H23FN4O5S/c31-22-11-13-23(14-12-22)33-28(37)19-40-26-10-4-2-6-20(26)16-27-29(38)35(18-24-8-5-15-39-24)30(41-27)34-32-17-21-7-1-3-9-25(21)36/h1-17,36H,18-19H2,(H,33,37)/b27-16-,32-17-,34-30+. The van der Waals surface area contributed by atoms with E-state index in [1.165, 1.54) is 41.6 Å². The second-order valence-corrected chi connectivity index (χ2v) is 9.66. The molecule has 206 valence electrons. The van der Waals surface area contributed by atoms with Gasteiger partial charge >= 0.3 is 0 Å². The van der Waals surface area contributed by atoms with Crippen LogP contribution in [-0.2, 0) is 16.1 Å². The van der Waals surface area contributed by atoms with Crippen LogP contribution < -0.4 is 10.1 Å². The highest BCUT2D eigenvalue weighted by Gasteiger charge is 2.34. The predicted molar refractivity (Wildman–Crippen MR) is 155 cm³/mol. The van der Waals surface area contributed by atoms with E-state index in [0.29, 0.717) is 38.4 Å². The summed E-state index contributed by atoms with van der Waals surface area (Å²) in [7, 11) is 0. The quantitative estimate of drug-likeness (QED) is 0.153. The molecule has 0 radical (unpaired) electrons. The minimum absolute atomic E-state index is 0.0579. The van der Waals surface area contributed by atoms with Crippen molar-refractivity contribution in [2.24, 2.45) is 10.2 Å². The molecule has 1 saturated heterocycles. The maximum atomic E-state index is 13.4. The molecule has 11 heteroatoms. The van der Waals surface area contributed by atoms with Gasteiger partial charge in [-0.1, -0.05) is 30.3 Å². The molecular formula is C30H23FN4O5S. The molecule has 0 atom stereocenters. The van der Waals surface area contributed by atoms with Gasteiger partial charge in [-0.2, -0.15) is 5.10 Å². The van der Waals surface area contributed by atoms with Crippen LogP contribution in [0, 0.1) is 5.82 Å². The van der Waals surface area contributed by atoms with E-state index in [1.807, 2.05) is 0 Å². The number of amides is 2. The number of carbonyl (C=O) groups excluding carboxylic acids is 2. The topological polar surface area (TPSA) is 117 Å². The third-order valence-corrected chi connectivity index (χ3v) is 6.75. The van der Waals surface area contributed by atoms with E-state index in [4.69, 9.17) is 9.15 Å². The molecule has 41 heavy (non-hydrogen) atoms. The number of hydrogen-bond donors (Lipinski definition) is 2. The summed E-state index contributed by atoms with van der Waals surface area (Å²) in [4.78, 5) is 27.6. The number of aromatic hydroxyl groups is 1. The van der Waals surface area contributed by atoms with Gasteiger partial charge in [0.05, 0.1) is 23.9 Å². The zero-order chi connectivity index (χ0) is 28.6. The Hall–Kier alpha value is -5.16. The van der Waals surface area contributed by atoms with Crippen LogP contribution in [0.2, 0.25) is 0 Å². The highest BCUT2D eigenvalue weighted by Crippen LogP contribution is 2.35. The van der Waals surface area contributed by atoms with E-state index in [0.717, 1.165) is 11.8 Å². The SMILES string of the molecule is O=C(COc1ccccc1/C=C1\S/C(=N/N=C\c2ccccc2O)N(Cc2ccco2)C1=O)Nc1ccc(F)cc1. The maximum Gasteiger partial charge on any atom is 0.267 e. The number of phenolic OH excluding ortho intramolecular Hbond substituents is 1. The Labute approximate surface area is 238 Å². The first kappa shape index (κ1) is 27.4. The first-order valence-corrected chi connectivity index (χ1v) is 13.2. The molecule has 4 aromatic rings. The van der Waals surface area contributed by atoms with Crippen LogP contribution in [0.1, 0.15) is 16.9 Å². The number of halogens is 1. The van der Waals surface area contributed by atoms with E-state index in [2.05, 4.69) is 15.5 Å². The number of thioether (sulfide) groups is 1. The Bertz CT molecular complexity index is 1630. The summed E-state index contributed by atoms with van der Waals surface area (Å²) in [6.45, 7) is -0.153. The Morgan fingerprint density at radius 3 is 2.54 bits per heavy atom. The molecular weight excluding hydrogens is 547 g/mol. The van der Waals surface area contributed by atoms with Gasteiger partial charge in [0.2, 0.25) is 0 Å². The number of benzene rings is 3. The van der Waals surface area contributed by atoms with Crippen LogP contribution in [0.15, 0.2) is 111 Å². The van der Waals surface area contributed by atoms with Crippen molar-refractivity contribution in [2.75, 3.05) is 11.9 Å². The van der Waals surface area contributed by atoms with Crippen LogP contribution in [-0.4, -0.2) is 39.8 Å². The number of ether oxygens (including phenoxy) is 1. The highest BCUT2D eigenvalue weighted by atomic mass is 32.2. The van der Waals surface area contributed by atoms with Gasteiger partial charge in [-0.15, -0.1) is 5.10 Å². The fourth-order valence-electron chi connectivity index (χ4n) is 3.76. The Balaban J connectivity index is 1.34. The summed E-state index contributed by atoms with van der Waals surface area (Å²) in [5.74, 6) is -0.128. The van der Waals surface area contributed by atoms with Crippen molar-refractivity contribution < 1.29 is 28.2 Å². The number of nitrogens with one attached hydrogen (secondary N) is 1. The number of para-hydroxylation sites is 2. The number of carbonyl (C=O) groups is 2. The fraction of sp³-hybridized carbons (Fsp3) is 0.0667. The average Bonchev–Trinajstić information content (AvgIpc) is 3.59. The summed E-state index contributed by atoms with van der Waals surface area (Å²) in [5.41, 5.74) is 1.50. The van der Waals surface area contributed by atoms with Crippen LogP contribution in [0.5, 0.6) is 11.5 Å². The first-order valence-electron chi connectivity index (χ1n) is 12.4. The maximum absolute atomic E-state index is 13.4. The van der Waals surface area contributed by atoms with E-state index in [1.54, 1.807) is 66.7 Å². The molecule has 3 aromatic carbocycles. The number of amidine groups is 1. The van der Waals surface area contributed by atoms with Crippen molar-refractivity contribution in [3.05, 3.63) is 119 Å². The molecule has 2 amide bonds. The van der Waals surface area contributed by atoms with Gasteiger partial charge in [-0.3, -0.25) is 14.5 Å². The smallest absolute Gasteiger partial charge is 0.267 e. The summed E-state index contributed by atoms with van der Waals surface area (Å²) in [6.07, 6.45) is 4.58. The molecule has 9 nitrogen and oxygen atoms in total. The average molecular weight is 571 g/mol. The summed E-state index contributed by atoms with van der Waals surface area (Å²) < 4.78 is 24.3. The molecule has 0 aliphatic carbocycles. The Kier molecular flexibility index (Phi) is 8.55. The third-order valence-electron chi connectivity index (χ3n) is 5.75. The molecule has 0 spiro atoms. The van der Waals surface area contributed by atoms with Crippen LogP contribution in [0.25, 0.3) is 6.08 Å². The number of furan rings is 1. The van der Waals surface area contributed by atoms with Crippen molar-refractivity contribution in [1.82, 2.24) is 4.90 Å². The van der Waals surface area contributed by atoms with Gasteiger partial charge in [-0.25, -0.2) is 4.39 Å². The van der Waals surface area contributed by atoms with Gasteiger partial charge < -0.3 is 19.6 Å². The second kappa shape index (κ2) is 12.8. The van der Waals surface area contributed by atoms with Crippen molar-refractivity contribution in [2.45, 2.75) is 6.54 Å². The van der Waals surface area contributed by atoms with Gasteiger partial charge in [0.15, 0.2) is 11.8 Å². The van der Waals surface area contributed by atoms with Gasteiger partial charge in [-0.05, 0) is 72.4 Å². The van der Waals surface area contributed by atoms with E-state index in [9.17, 15) is 19.1 Å². The van der Waals surface area contributed by atoms with E-state index in [-0.39, 0.29) is 24.8 Å². The fourth-order valence-corrected chi connectivity index (χ4v) is 4.69. The number of phenols is 1. The molecule has 0 unspecified atom stereocenters. The van der Waals surface area contributed by atoms with Crippen LogP contribution in [0.3, 0.4) is 0 Å². The second-order valence-electron chi connectivity index (χ2n) is 8.65. The summed E-state index contributed by atoms with van der Waals surface area (Å²) in [5, 5.41) is 21.3. The number of hydrogen-bond acceptors (Lipinski definition) is 8. The zero-order valence-corrected chi connectivity index (χ0v) is 22.3. The molecule has 1 fully saturated rings. The lowest BCUT2D eigenvalue weighted by Crippen LogP contribution is -2.28. The molecule has 1 aliphatic rings. The third kappa shape index (κ3) is 7.08. The summed E-state index contributed by atoms with van der Waals surface area (Å²) in [6, 6.07) is 22.6. The molecule has 2 heterocycles. The predicted octanol–water partition coefficient (Wildman–Crippen LogP) is 5.65. The lowest BCUT2D eigenvalue weighted by molar-refractivity contribution is -0.122. The zero-order valence-electron chi connectivity index (χ0n) is 21.4. The van der Waals surface area contributed by atoms with Crippen molar-refractivity contribution in [1.29, 1.82) is 0 Å². The molecule has 0 bridgehead atoms. The molecule has 0 saturated carbocycles. The van der Waals surface area contributed by atoms with Crippen molar-refractivity contribution in [3.63, 3.8) is 0 Å². The number of nitrogens with zero attached hydrogens (tertiary/aromatic N) is 3. The van der Waals surface area contributed by atoms with Crippen LogP contribution >= 0.6 is 11.8 Å². The highest BCUT2D eigenvalue weighted by molar-refractivity contribution is 8.18. The lowest BCUT2D eigenvalue weighted by atomic mass is 10.2.